The Hall–Kier alpha value is -2.04. The molecule has 5 nitrogen and oxygen atoms in total. The first-order chi connectivity index (χ1) is 8.11. The molecule has 1 aliphatic heterocycles. The van der Waals surface area contributed by atoms with Crippen LogP contribution in [0, 0.1) is 5.92 Å². The van der Waals surface area contributed by atoms with Gasteiger partial charge in [-0.05, 0) is 18.2 Å². The van der Waals surface area contributed by atoms with Crippen molar-refractivity contribution in [3.05, 3.63) is 29.8 Å². The van der Waals surface area contributed by atoms with Gasteiger partial charge in [0.05, 0.1) is 13.0 Å². The van der Waals surface area contributed by atoms with E-state index < -0.39 is 11.9 Å². The molecule has 0 saturated carbocycles. The van der Waals surface area contributed by atoms with Crippen LogP contribution in [0.25, 0.3) is 0 Å². The average Bonchev–Trinajstić information content (AvgIpc) is 2.26. The lowest BCUT2D eigenvalue weighted by Gasteiger charge is -2.36. The fraction of sp³-hybridized carbons (Fsp3) is 0.333. The highest BCUT2D eigenvalue weighted by atomic mass is 16.5. The molecule has 0 spiro atoms. The van der Waals surface area contributed by atoms with Gasteiger partial charge in [-0.2, -0.15) is 0 Å². The third-order valence-corrected chi connectivity index (χ3v) is 2.83. The topological polar surface area (TPSA) is 66.8 Å². The quantitative estimate of drug-likeness (QED) is 0.843. The summed E-state index contributed by atoms with van der Waals surface area (Å²) >= 11 is 0. The minimum Gasteiger partial charge on any atom is -0.497 e. The first kappa shape index (κ1) is 11.4. The minimum absolute atomic E-state index is 0.151. The van der Waals surface area contributed by atoms with Gasteiger partial charge in [-0.1, -0.05) is 6.07 Å². The van der Waals surface area contributed by atoms with Crippen LogP contribution in [0.4, 0.5) is 0 Å². The maximum Gasteiger partial charge on any atom is 0.310 e. The summed E-state index contributed by atoms with van der Waals surface area (Å²) in [5, 5.41) is 8.73. The summed E-state index contributed by atoms with van der Waals surface area (Å²) in [6.45, 7) is 0.566. The molecular formula is C12H13NO4. The summed E-state index contributed by atoms with van der Waals surface area (Å²) in [6.07, 6.45) is 0. The van der Waals surface area contributed by atoms with Gasteiger partial charge in [-0.3, -0.25) is 9.59 Å². The lowest BCUT2D eigenvalue weighted by Crippen LogP contribution is -2.53. The minimum atomic E-state index is -0.848. The number of carbonyl (C=O) groups excluding carboxylic acids is 1. The normalized spacial score (nSPS) is 15.2. The van der Waals surface area contributed by atoms with Crippen LogP contribution in [0.5, 0.6) is 5.75 Å². The summed E-state index contributed by atoms with van der Waals surface area (Å²) in [7, 11) is 1.54. The molecule has 1 amide bonds. The van der Waals surface area contributed by atoms with Gasteiger partial charge in [0.15, 0.2) is 0 Å². The highest BCUT2D eigenvalue weighted by Crippen LogP contribution is 2.20. The standard InChI is InChI=1S/C12H13NO4/c1-17-10-4-2-3-8(5-10)11(14)13-6-9(7-13)12(15)16/h2-5,9H,6-7H2,1H3,(H,15,16). The third-order valence-electron chi connectivity index (χ3n) is 2.83. The zero-order valence-corrected chi connectivity index (χ0v) is 9.42. The second kappa shape index (κ2) is 4.45. The van der Waals surface area contributed by atoms with Gasteiger partial charge >= 0.3 is 5.97 Å². The van der Waals surface area contributed by atoms with Gasteiger partial charge in [-0.25, -0.2) is 0 Å². The molecule has 0 radical (unpaired) electrons. The van der Waals surface area contributed by atoms with E-state index >= 15 is 0 Å². The molecule has 1 fully saturated rings. The number of benzene rings is 1. The van der Waals surface area contributed by atoms with Crippen LogP contribution in [-0.4, -0.2) is 42.1 Å². The number of hydrogen-bond donors (Lipinski definition) is 1. The Morgan fingerprint density at radius 1 is 1.41 bits per heavy atom. The summed E-state index contributed by atoms with van der Waals surface area (Å²) < 4.78 is 5.03. The Kier molecular flexibility index (Phi) is 2.99. The molecule has 2 rings (SSSR count). The molecule has 1 aliphatic rings. The Morgan fingerprint density at radius 2 is 2.12 bits per heavy atom. The second-order valence-corrected chi connectivity index (χ2v) is 3.98. The van der Waals surface area contributed by atoms with Crippen LogP contribution in [0.2, 0.25) is 0 Å². The number of nitrogens with zero attached hydrogens (tertiary/aromatic N) is 1. The van der Waals surface area contributed by atoms with Gasteiger partial charge in [0, 0.05) is 18.7 Å². The van der Waals surface area contributed by atoms with E-state index in [2.05, 4.69) is 0 Å². The molecule has 0 aliphatic carbocycles. The Labute approximate surface area is 98.6 Å². The van der Waals surface area contributed by atoms with Crippen LogP contribution in [-0.2, 0) is 4.79 Å². The van der Waals surface area contributed by atoms with Crippen LogP contribution in [0.3, 0.4) is 0 Å². The van der Waals surface area contributed by atoms with Gasteiger partial charge < -0.3 is 14.7 Å². The molecule has 1 N–H and O–H groups in total. The highest BCUT2D eigenvalue weighted by molar-refractivity contribution is 5.96. The van der Waals surface area contributed by atoms with E-state index in [0.29, 0.717) is 11.3 Å². The summed E-state index contributed by atoms with van der Waals surface area (Å²) in [5.74, 6) is -0.809. The van der Waals surface area contributed by atoms with E-state index in [1.165, 1.54) is 12.0 Å². The van der Waals surface area contributed by atoms with Crippen molar-refractivity contribution < 1.29 is 19.4 Å². The predicted octanol–water partition coefficient (Wildman–Crippen LogP) is 0.852. The van der Waals surface area contributed by atoms with E-state index in [1.54, 1.807) is 24.3 Å². The van der Waals surface area contributed by atoms with Crippen molar-refractivity contribution >= 4 is 11.9 Å². The number of carboxylic acids is 1. The zero-order chi connectivity index (χ0) is 12.4. The number of methoxy groups -OCH3 is 1. The first-order valence-electron chi connectivity index (χ1n) is 5.28. The highest BCUT2D eigenvalue weighted by Gasteiger charge is 2.35. The van der Waals surface area contributed by atoms with Crippen LogP contribution < -0.4 is 4.74 Å². The van der Waals surface area contributed by atoms with Gasteiger partial charge in [0.1, 0.15) is 5.75 Å². The van der Waals surface area contributed by atoms with E-state index in [0.717, 1.165) is 0 Å². The molecule has 17 heavy (non-hydrogen) atoms. The Balaban J connectivity index is 2.03. The SMILES string of the molecule is COc1cccc(C(=O)N2CC(C(=O)O)C2)c1. The summed E-state index contributed by atoms with van der Waals surface area (Å²) in [6, 6.07) is 6.84. The predicted molar refractivity (Wildman–Crippen MR) is 60.0 cm³/mol. The molecule has 1 aromatic rings. The number of ether oxygens (including phenoxy) is 1. The van der Waals surface area contributed by atoms with E-state index in [9.17, 15) is 9.59 Å². The summed E-state index contributed by atoms with van der Waals surface area (Å²) in [5.41, 5.74) is 0.521. The van der Waals surface area contributed by atoms with E-state index in [4.69, 9.17) is 9.84 Å². The molecule has 90 valence electrons. The summed E-state index contributed by atoms with van der Waals surface area (Å²) in [4.78, 5) is 24.1. The fourth-order valence-corrected chi connectivity index (χ4v) is 1.74. The molecule has 0 aromatic heterocycles. The molecule has 0 bridgehead atoms. The van der Waals surface area contributed by atoms with Gasteiger partial charge in [0.25, 0.3) is 5.91 Å². The molecule has 5 heteroatoms. The van der Waals surface area contributed by atoms with Crippen molar-refractivity contribution in [3.8, 4) is 5.75 Å². The average molecular weight is 235 g/mol. The van der Waals surface area contributed by atoms with Gasteiger partial charge in [-0.15, -0.1) is 0 Å². The van der Waals surface area contributed by atoms with Crippen LogP contribution in [0.1, 0.15) is 10.4 Å². The molecule has 1 heterocycles. The van der Waals surface area contributed by atoms with Crippen molar-refractivity contribution in [1.29, 1.82) is 0 Å². The van der Waals surface area contributed by atoms with E-state index in [-0.39, 0.29) is 19.0 Å². The number of rotatable bonds is 3. The third kappa shape index (κ3) is 2.22. The van der Waals surface area contributed by atoms with Gasteiger partial charge in [0.2, 0.25) is 0 Å². The molecule has 0 unspecified atom stereocenters. The smallest absolute Gasteiger partial charge is 0.310 e. The lowest BCUT2D eigenvalue weighted by atomic mass is 9.99. The largest absolute Gasteiger partial charge is 0.497 e. The van der Waals surface area contributed by atoms with Crippen molar-refractivity contribution in [2.75, 3.05) is 20.2 Å². The van der Waals surface area contributed by atoms with Crippen molar-refractivity contribution in [3.63, 3.8) is 0 Å². The Morgan fingerprint density at radius 3 is 2.71 bits per heavy atom. The first-order valence-corrected chi connectivity index (χ1v) is 5.28. The van der Waals surface area contributed by atoms with Crippen LogP contribution >= 0.6 is 0 Å². The van der Waals surface area contributed by atoms with Crippen molar-refractivity contribution in [1.82, 2.24) is 4.90 Å². The molecule has 1 saturated heterocycles. The van der Waals surface area contributed by atoms with E-state index in [1.807, 2.05) is 0 Å². The Bertz CT molecular complexity index is 452. The lowest BCUT2D eigenvalue weighted by molar-refractivity contribution is -0.146. The number of amides is 1. The number of carboxylic acid groups (broad SMARTS) is 1. The van der Waals surface area contributed by atoms with Crippen LogP contribution in [0.15, 0.2) is 24.3 Å². The number of likely N-dealkylation sites (tertiary alicyclic amines) is 1. The monoisotopic (exact) mass is 235 g/mol. The number of aliphatic carboxylic acids is 1. The fourth-order valence-electron chi connectivity index (χ4n) is 1.74. The molecular weight excluding hydrogens is 222 g/mol. The molecule has 1 aromatic carbocycles. The zero-order valence-electron chi connectivity index (χ0n) is 9.42. The van der Waals surface area contributed by atoms with Crippen molar-refractivity contribution in [2.24, 2.45) is 5.92 Å². The number of carbonyl (C=O) groups is 2. The molecule has 0 atom stereocenters. The second-order valence-electron chi connectivity index (χ2n) is 3.98. The number of hydrogen-bond acceptors (Lipinski definition) is 3. The maximum absolute atomic E-state index is 11.9. The maximum atomic E-state index is 11.9. The van der Waals surface area contributed by atoms with Crippen molar-refractivity contribution in [2.45, 2.75) is 0 Å².